The van der Waals surface area contributed by atoms with Crippen molar-refractivity contribution in [1.82, 2.24) is 25.4 Å². The van der Waals surface area contributed by atoms with E-state index in [9.17, 15) is 4.79 Å². The van der Waals surface area contributed by atoms with E-state index in [4.69, 9.17) is 9.93 Å². The van der Waals surface area contributed by atoms with Crippen molar-refractivity contribution in [3.8, 4) is 0 Å². The predicted octanol–water partition coefficient (Wildman–Crippen LogP) is 3.71. The lowest BCUT2D eigenvalue weighted by Gasteiger charge is -2.21. The second-order valence-electron chi connectivity index (χ2n) is 9.16. The number of nitrogens with zero attached hydrogens (tertiary/aromatic N) is 4. The first-order valence-corrected chi connectivity index (χ1v) is 11.8. The van der Waals surface area contributed by atoms with Gasteiger partial charge in [0.1, 0.15) is 23.7 Å². The van der Waals surface area contributed by atoms with Crippen LogP contribution in [0.15, 0.2) is 65.4 Å². The Kier molecular flexibility index (Phi) is 9.09. The molecule has 0 radical (unpaired) electrons. The lowest BCUT2D eigenvalue weighted by atomic mass is 9.93. The number of pyridine rings is 1. The van der Waals surface area contributed by atoms with Gasteiger partial charge in [0.05, 0.1) is 11.3 Å². The van der Waals surface area contributed by atoms with Crippen LogP contribution in [0.4, 0.5) is 17.5 Å². The number of aromatic nitrogens is 4. The fourth-order valence-corrected chi connectivity index (χ4v) is 3.42. The Morgan fingerprint density at radius 2 is 1.97 bits per heavy atom. The molecule has 0 fully saturated rings. The van der Waals surface area contributed by atoms with Crippen molar-refractivity contribution in [3.05, 3.63) is 77.7 Å². The second-order valence-corrected chi connectivity index (χ2v) is 9.16. The molecule has 3 heterocycles. The molecule has 1 aliphatic rings. The number of carbonyl (C=O) groups is 1. The van der Waals surface area contributed by atoms with Gasteiger partial charge in [0, 0.05) is 55.3 Å². The summed E-state index contributed by atoms with van der Waals surface area (Å²) in [6.45, 7) is 6.04. The summed E-state index contributed by atoms with van der Waals surface area (Å²) in [5, 5.41) is 24.2. The van der Waals surface area contributed by atoms with E-state index in [1.54, 1.807) is 25.5 Å². The first-order valence-electron chi connectivity index (χ1n) is 11.8. The maximum atomic E-state index is 10.0. The number of nitrogens with one attached hydrogen (secondary N) is 5. The predicted molar refractivity (Wildman–Crippen MR) is 145 cm³/mol. The van der Waals surface area contributed by atoms with Crippen LogP contribution in [0.2, 0.25) is 0 Å². The largest absolute Gasteiger partial charge is 0.388 e. The van der Waals surface area contributed by atoms with Crippen molar-refractivity contribution >= 4 is 29.6 Å². The van der Waals surface area contributed by atoms with Crippen LogP contribution in [0, 0.1) is 5.41 Å². The fraction of sp³-hybridized carbons (Fsp3) is 0.308. The highest BCUT2D eigenvalue weighted by Crippen LogP contribution is 2.25. The van der Waals surface area contributed by atoms with E-state index in [1.165, 1.54) is 6.33 Å². The highest BCUT2D eigenvalue weighted by Gasteiger charge is 2.20. The first-order chi connectivity index (χ1) is 17.8. The zero-order chi connectivity index (χ0) is 26.8. The van der Waals surface area contributed by atoms with E-state index < -0.39 is 0 Å². The highest BCUT2D eigenvalue weighted by atomic mass is 16.5. The molecule has 4 rings (SSSR count). The maximum Gasteiger partial charge on any atom is 0.212 e. The topological polar surface area (TPSA) is 154 Å². The number of carbonyl (C=O) groups excluding carboxylic acids is 1. The van der Waals surface area contributed by atoms with Gasteiger partial charge < -0.3 is 25.8 Å². The molecule has 0 aliphatic heterocycles. The van der Waals surface area contributed by atoms with Gasteiger partial charge in [-0.15, -0.1) is 0 Å². The van der Waals surface area contributed by atoms with Crippen molar-refractivity contribution in [2.24, 2.45) is 0 Å². The summed E-state index contributed by atoms with van der Waals surface area (Å²) in [7, 11) is 3.69. The van der Waals surface area contributed by atoms with Crippen LogP contribution in [0.5, 0.6) is 0 Å². The summed E-state index contributed by atoms with van der Waals surface area (Å²) in [5.74, 6) is 2.45. The van der Waals surface area contributed by atoms with Crippen LogP contribution in [-0.2, 0) is 10.2 Å². The van der Waals surface area contributed by atoms with Gasteiger partial charge in [-0.1, -0.05) is 38.1 Å². The van der Waals surface area contributed by atoms with Gasteiger partial charge in [0.2, 0.25) is 6.41 Å². The smallest absolute Gasteiger partial charge is 0.212 e. The molecule has 37 heavy (non-hydrogen) atoms. The van der Waals surface area contributed by atoms with Crippen molar-refractivity contribution in [2.45, 2.75) is 38.6 Å². The first kappa shape index (κ1) is 27.1. The number of hydrogen-bond acceptors (Lipinski definition) is 10. The summed E-state index contributed by atoms with van der Waals surface area (Å²) in [4.78, 5) is 22.8. The van der Waals surface area contributed by atoms with E-state index in [1.807, 2.05) is 46.0 Å². The maximum absolute atomic E-state index is 10.0. The van der Waals surface area contributed by atoms with Gasteiger partial charge in [-0.05, 0) is 24.6 Å². The molecule has 5 N–H and O–H groups in total. The molecule has 0 saturated heterocycles. The molecule has 0 bridgehead atoms. The molecule has 1 aliphatic carbocycles. The third-order valence-electron chi connectivity index (χ3n) is 5.45. The quantitative estimate of drug-likeness (QED) is 0.229. The second kappa shape index (κ2) is 12.4. The van der Waals surface area contributed by atoms with Gasteiger partial charge in [0.25, 0.3) is 0 Å². The van der Waals surface area contributed by atoms with E-state index in [0.29, 0.717) is 40.7 Å². The Hall–Kier alpha value is -4.54. The number of likely N-dealkylation sites (N-methyl/N-ethyl adjacent to an activating group) is 1. The molecule has 0 spiro atoms. The Morgan fingerprint density at radius 1 is 1.19 bits per heavy atom. The lowest BCUT2D eigenvalue weighted by Crippen LogP contribution is -2.23. The molecule has 1 atom stereocenters. The molecular weight excluding hydrogens is 470 g/mol. The summed E-state index contributed by atoms with van der Waals surface area (Å²) >= 11 is 0. The molecule has 1 amide bonds. The zero-order valence-electron chi connectivity index (χ0n) is 21.7. The average molecular weight is 504 g/mol. The Labute approximate surface area is 216 Å². The molecule has 11 nitrogen and oxygen atoms in total. The highest BCUT2D eigenvalue weighted by molar-refractivity contribution is 6.16. The SMILES string of the molecule is CC(C)(C)c1cc(NC=O)no1.CNC1=CCC(Nc2ncnc(NC)c2C(=N)c2cccnc2)C=C1. The third kappa shape index (κ3) is 7.23. The molecule has 194 valence electrons. The molecule has 3 aromatic heterocycles. The molecular formula is C26H33N9O2. The van der Waals surface area contributed by atoms with Crippen molar-refractivity contribution in [3.63, 3.8) is 0 Å². The van der Waals surface area contributed by atoms with E-state index in [2.05, 4.69) is 53.5 Å². The van der Waals surface area contributed by atoms with Crippen LogP contribution >= 0.6 is 0 Å². The Bertz CT molecular complexity index is 1260. The van der Waals surface area contributed by atoms with Gasteiger partial charge in [-0.3, -0.25) is 15.2 Å². The summed E-state index contributed by atoms with van der Waals surface area (Å²) in [5.41, 5.74) is 2.70. The number of rotatable bonds is 8. The number of amides is 1. The third-order valence-corrected chi connectivity index (χ3v) is 5.45. The Morgan fingerprint density at radius 3 is 2.54 bits per heavy atom. The molecule has 0 aromatic carbocycles. The van der Waals surface area contributed by atoms with E-state index in [0.717, 1.165) is 17.9 Å². The summed E-state index contributed by atoms with van der Waals surface area (Å²) in [6, 6.07) is 5.49. The van der Waals surface area contributed by atoms with Crippen LogP contribution in [0.25, 0.3) is 0 Å². The molecule has 11 heteroatoms. The lowest BCUT2D eigenvalue weighted by molar-refractivity contribution is -0.105. The minimum atomic E-state index is -0.0736. The number of hydrogen-bond donors (Lipinski definition) is 5. The van der Waals surface area contributed by atoms with Crippen LogP contribution in [0.3, 0.4) is 0 Å². The van der Waals surface area contributed by atoms with Crippen molar-refractivity contribution in [1.29, 1.82) is 5.41 Å². The van der Waals surface area contributed by atoms with Gasteiger partial charge in [0.15, 0.2) is 5.82 Å². The van der Waals surface area contributed by atoms with Gasteiger partial charge >= 0.3 is 0 Å². The van der Waals surface area contributed by atoms with E-state index >= 15 is 0 Å². The zero-order valence-corrected chi connectivity index (χ0v) is 21.7. The van der Waals surface area contributed by atoms with Crippen LogP contribution in [0.1, 0.15) is 44.1 Å². The van der Waals surface area contributed by atoms with Crippen molar-refractivity contribution < 1.29 is 9.32 Å². The van der Waals surface area contributed by atoms with Gasteiger partial charge in [-0.2, -0.15) is 0 Å². The number of anilines is 3. The molecule has 0 saturated carbocycles. The average Bonchev–Trinajstić information content (AvgIpc) is 3.39. The monoisotopic (exact) mass is 503 g/mol. The van der Waals surface area contributed by atoms with Crippen molar-refractivity contribution in [2.75, 3.05) is 30.0 Å². The van der Waals surface area contributed by atoms with Crippen LogP contribution in [-0.4, -0.2) is 52.4 Å². The minimum Gasteiger partial charge on any atom is -0.388 e. The molecule has 3 aromatic rings. The minimum absolute atomic E-state index is 0.0736. The summed E-state index contributed by atoms with van der Waals surface area (Å²) in [6.07, 6.45) is 12.5. The van der Waals surface area contributed by atoms with Gasteiger partial charge in [-0.25, -0.2) is 9.97 Å². The van der Waals surface area contributed by atoms with Crippen LogP contribution < -0.4 is 21.3 Å². The normalized spacial score (nSPS) is 14.5. The standard InChI is InChI=1S/C18H21N7.C8H12N2O2/c1-20-13-5-7-14(8-6-13)25-18-15(17(21-2)23-11-24-18)16(19)12-4-3-9-22-10-12;1-8(2,3)6-4-7(9-5-11)10-12-6/h3-7,9-11,14,19-20H,8H2,1-2H3,(H2,21,23,24,25);4-5H,1-3H3,(H,9,10,11). The Balaban J connectivity index is 0.000000266. The van der Waals surface area contributed by atoms with E-state index in [-0.39, 0.29) is 11.5 Å². The number of allylic oxidation sites excluding steroid dienone is 1. The summed E-state index contributed by atoms with van der Waals surface area (Å²) < 4.78 is 5.01. The fourth-order valence-electron chi connectivity index (χ4n) is 3.42. The molecule has 1 unspecified atom stereocenters.